The molecule has 0 spiro atoms. The highest BCUT2D eigenvalue weighted by atomic mass is 32.2. The Morgan fingerprint density at radius 1 is 1.30 bits per heavy atom. The summed E-state index contributed by atoms with van der Waals surface area (Å²) in [6, 6.07) is 7.42. The molecule has 0 aliphatic carbocycles. The second-order valence-electron chi connectivity index (χ2n) is 6.13. The van der Waals surface area contributed by atoms with Crippen molar-refractivity contribution in [1.82, 2.24) is 10.3 Å². The molecule has 3 aromatic rings. The summed E-state index contributed by atoms with van der Waals surface area (Å²) in [6.45, 7) is 3.93. The minimum atomic E-state index is -3.87. The van der Waals surface area contributed by atoms with E-state index in [-0.39, 0.29) is 22.4 Å². The van der Waals surface area contributed by atoms with Gasteiger partial charge in [0, 0.05) is 16.9 Å². The number of benzene rings is 1. The van der Waals surface area contributed by atoms with E-state index in [9.17, 15) is 13.2 Å². The first kappa shape index (κ1) is 19.7. The molecular weight excluding hydrogens is 402 g/mol. The second-order valence-corrected chi connectivity index (χ2v) is 9.70. The number of thiazole rings is 1. The Bertz CT molecular complexity index is 1040. The maximum atomic E-state index is 12.8. The van der Waals surface area contributed by atoms with Crippen molar-refractivity contribution in [2.24, 2.45) is 5.14 Å². The summed E-state index contributed by atoms with van der Waals surface area (Å²) in [5.41, 5.74) is 2.28. The smallest absolute Gasteiger partial charge is 0.251 e. The zero-order chi connectivity index (χ0) is 19.6. The molecule has 2 aromatic heterocycles. The molecular formula is C18H19N3O3S3. The van der Waals surface area contributed by atoms with Crippen molar-refractivity contribution in [3.05, 3.63) is 67.8 Å². The number of aromatic nitrogens is 1. The first-order valence-corrected chi connectivity index (χ1v) is 11.4. The lowest BCUT2D eigenvalue weighted by molar-refractivity contribution is 0.0936. The molecule has 0 saturated carbocycles. The molecule has 9 heteroatoms. The SMILES string of the molecule is Cc1nc([C@@H](Cc2ccsc2)NC(=O)c2cccc(S(N)(=O)=O)c2)sc1C. The fourth-order valence-electron chi connectivity index (χ4n) is 2.55. The molecule has 0 aliphatic rings. The van der Waals surface area contributed by atoms with Crippen LogP contribution >= 0.6 is 22.7 Å². The molecule has 27 heavy (non-hydrogen) atoms. The number of hydrogen-bond donors (Lipinski definition) is 2. The van der Waals surface area contributed by atoms with Crippen molar-refractivity contribution in [2.75, 3.05) is 0 Å². The molecule has 0 fully saturated rings. The quantitative estimate of drug-likeness (QED) is 0.638. The van der Waals surface area contributed by atoms with Gasteiger partial charge < -0.3 is 5.32 Å². The Kier molecular flexibility index (Phi) is 5.75. The Labute approximate surface area is 166 Å². The van der Waals surface area contributed by atoms with Gasteiger partial charge in [0.1, 0.15) is 5.01 Å². The summed E-state index contributed by atoms with van der Waals surface area (Å²) < 4.78 is 23.1. The van der Waals surface area contributed by atoms with Gasteiger partial charge in [0.05, 0.1) is 16.6 Å². The first-order valence-electron chi connectivity index (χ1n) is 8.13. The molecule has 0 bridgehead atoms. The van der Waals surface area contributed by atoms with Gasteiger partial charge in [-0.05, 0) is 54.4 Å². The van der Waals surface area contributed by atoms with Gasteiger partial charge in [-0.1, -0.05) is 6.07 Å². The van der Waals surface area contributed by atoms with Crippen LogP contribution in [-0.4, -0.2) is 19.3 Å². The summed E-state index contributed by atoms with van der Waals surface area (Å²) in [4.78, 5) is 18.4. The molecule has 6 nitrogen and oxygen atoms in total. The molecule has 1 aromatic carbocycles. The van der Waals surface area contributed by atoms with Crippen molar-refractivity contribution >= 4 is 38.6 Å². The van der Waals surface area contributed by atoms with Gasteiger partial charge in [-0.15, -0.1) is 11.3 Å². The molecule has 0 unspecified atom stereocenters. The van der Waals surface area contributed by atoms with Gasteiger partial charge in [0.15, 0.2) is 0 Å². The van der Waals surface area contributed by atoms with E-state index in [1.165, 1.54) is 18.2 Å². The van der Waals surface area contributed by atoms with Crippen LogP contribution in [0.25, 0.3) is 0 Å². The predicted octanol–water partition coefficient (Wildman–Crippen LogP) is 3.18. The first-order chi connectivity index (χ1) is 12.7. The lowest BCUT2D eigenvalue weighted by atomic mass is 10.1. The number of nitrogens with zero attached hydrogens (tertiary/aromatic N) is 1. The summed E-state index contributed by atoms with van der Waals surface area (Å²) in [7, 11) is -3.87. The van der Waals surface area contributed by atoms with Crippen molar-refractivity contribution in [2.45, 2.75) is 31.2 Å². The van der Waals surface area contributed by atoms with Gasteiger partial charge in [-0.2, -0.15) is 11.3 Å². The number of thiophene rings is 1. The van der Waals surface area contributed by atoms with Gasteiger partial charge in [-0.3, -0.25) is 4.79 Å². The van der Waals surface area contributed by atoms with E-state index in [0.717, 1.165) is 21.1 Å². The zero-order valence-electron chi connectivity index (χ0n) is 14.8. The summed E-state index contributed by atoms with van der Waals surface area (Å²) in [5.74, 6) is -0.369. The number of hydrogen-bond acceptors (Lipinski definition) is 6. The monoisotopic (exact) mass is 421 g/mol. The van der Waals surface area contributed by atoms with E-state index in [4.69, 9.17) is 5.14 Å². The van der Waals surface area contributed by atoms with E-state index in [1.807, 2.05) is 30.7 Å². The minimum Gasteiger partial charge on any atom is -0.342 e. The van der Waals surface area contributed by atoms with Crippen molar-refractivity contribution in [3.63, 3.8) is 0 Å². The maximum absolute atomic E-state index is 12.8. The molecule has 3 N–H and O–H groups in total. The number of nitrogens with one attached hydrogen (secondary N) is 1. The Hall–Kier alpha value is -2.07. The van der Waals surface area contributed by atoms with E-state index in [2.05, 4.69) is 10.3 Å². The number of aryl methyl sites for hydroxylation is 2. The van der Waals surface area contributed by atoms with Gasteiger partial charge in [-0.25, -0.2) is 18.5 Å². The fraction of sp³-hybridized carbons (Fsp3) is 0.222. The van der Waals surface area contributed by atoms with E-state index in [0.29, 0.717) is 6.42 Å². The van der Waals surface area contributed by atoms with Crippen LogP contribution in [0, 0.1) is 13.8 Å². The summed E-state index contributed by atoms with van der Waals surface area (Å²) in [5, 5.41) is 13.0. The molecule has 0 saturated heterocycles. The molecule has 142 valence electrons. The second kappa shape index (κ2) is 7.89. The third-order valence-corrected chi connectivity index (χ3v) is 6.92. The van der Waals surface area contributed by atoms with Crippen molar-refractivity contribution in [3.8, 4) is 0 Å². The van der Waals surface area contributed by atoms with Crippen LogP contribution in [0.5, 0.6) is 0 Å². The highest BCUT2D eigenvalue weighted by Crippen LogP contribution is 2.27. The topological polar surface area (TPSA) is 102 Å². The third kappa shape index (κ3) is 4.81. The van der Waals surface area contributed by atoms with Crippen LogP contribution in [0.3, 0.4) is 0 Å². The lowest BCUT2D eigenvalue weighted by Crippen LogP contribution is -2.30. The average molecular weight is 422 g/mol. The van der Waals surface area contributed by atoms with Crippen molar-refractivity contribution in [1.29, 1.82) is 0 Å². The Morgan fingerprint density at radius 3 is 2.67 bits per heavy atom. The highest BCUT2D eigenvalue weighted by molar-refractivity contribution is 7.89. The average Bonchev–Trinajstić information content (AvgIpc) is 3.24. The largest absolute Gasteiger partial charge is 0.342 e. The number of amides is 1. The van der Waals surface area contributed by atoms with Gasteiger partial charge in [0.25, 0.3) is 5.91 Å². The minimum absolute atomic E-state index is 0.0922. The molecule has 1 atom stereocenters. The van der Waals surface area contributed by atoms with Crippen LogP contribution in [0.15, 0.2) is 46.0 Å². The normalized spacial score (nSPS) is 12.7. The molecule has 2 heterocycles. The van der Waals surface area contributed by atoms with Gasteiger partial charge >= 0.3 is 0 Å². The van der Waals surface area contributed by atoms with Crippen molar-refractivity contribution < 1.29 is 13.2 Å². The van der Waals surface area contributed by atoms with E-state index in [1.54, 1.807) is 28.7 Å². The highest BCUT2D eigenvalue weighted by Gasteiger charge is 2.21. The molecule has 3 rings (SSSR count). The van der Waals surface area contributed by atoms with Crippen LogP contribution < -0.4 is 10.5 Å². The third-order valence-electron chi connectivity index (χ3n) is 4.09. The maximum Gasteiger partial charge on any atom is 0.251 e. The molecule has 0 radical (unpaired) electrons. The number of sulfonamides is 1. The zero-order valence-corrected chi connectivity index (χ0v) is 17.2. The van der Waals surface area contributed by atoms with E-state index >= 15 is 0 Å². The molecule has 1 amide bonds. The summed E-state index contributed by atoms with van der Waals surface area (Å²) >= 11 is 3.15. The molecule has 0 aliphatic heterocycles. The number of carbonyl (C=O) groups is 1. The number of carbonyl (C=O) groups excluding carboxylic acids is 1. The van der Waals surface area contributed by atoms with Crippen LogP contribution in [0.1, 0.15) is 37.5 Å². The van der Waals surface area contributed by atoms with Crippen LogP contribution in [-0.2, 0) is 16.4 Å². The van der Waals surface area contributed by atoms with Crippen LogP contribution in [0.4, 0.5) is 0 Å². The van der Waals surface area contributed by atoms with E-state index < -0.39 is 10.0 Å². The Balaban J connectivity index is 1.88. The number of primary sulfonamides is 1. The van der Waals surface area contributed by atoms with Crippen LogP contribution in [0.2, 0.25) is 0 Å². The lowest BCUT2D eigenvalue weighted by Gasteiger charge is -2.16. The number of rotatable bonds is 6. The van der Waals surface area contributed by atoms with Gasteiger partial charge in [0.2, 0.25) is 10.0 Å². The predicted molar refractivity (Wildman–Crippen MR) is 108 cm³/mol. The number of nitrogens with two attached hydrogens (primary N) is 1. The standard InChI is InChI=1S/C18H19N3O3S3/c1-11-12(2)26-18(20-11)16(8-13-6-7-25-10-13)21-17(22)14-4-3-5-15(9-14)27(19,23)24/h3-7,9-10,16H,8H2,1-2H3,(H,21,22)(H2,19,23,24)/t16-/m1/s1. The fourth-order valence-corrected chi connectivity index (χ4v) is 4.76. The Morgan fingerprint density at radius 2 is 2.07 bits per heavy atom. The summed E-state index contributed by atoms with van der Waals surface area (Å²) in [6.07, 6.45) is 0.608.